The van der Waals surface area contributed by atoms with Crippen LogP contribution in [0.25, 0.3) is 0 Å². The van der Waals surface area contributed by atoms with Gasteiger partial charge in [0, 0.05) is 23.5 Å². The van der Waals surface area contributed by atoms with Gasteiger partial charge >= 0.3 is 12.4 Å². The number of benzene rings is 2. The van der Waals surface area contributed by atoms with E-state index in [2.05, 4.69) is 0 Å². The molecule has 0 aliphatic carbocycles. The fraction of sp³-hybridized carbons (Fsp3) is 0.333. The molecule has 0 spiro atoms. The Hall–Kier alpha value is -2.78. The van der Waals surface area contributed by atoms with E-state index in [9.17, 15) is 31.4 Å². The Morgan fingerprint density at radius 1 is 0.679 bits per heavy atom. The topological polar surface area (TPSA) is 92.5 Å². The lowest BCUT2D eigenvalue weighted by Crippen LogP contribution is -2.15. The lowest BCUT2D eigenvalue weighted by Gasteiger charge is -2.22. The van der Waals surface area contributed by atoms with Gasteiger partial charge in [-0.15, -0.1) is 0 Å². The molecule has 2 aromatic rings. The molecule has 0 saturated carbocycles. The zero-order valence-corrected chi connectivity index (χ0v) is 15.2. The molecule has 0 unspecified atom stereocenters. The fourth-order valence-corrected chi connectivity index (χ4v) is 2.24. The van der Waals surface area contributed by atoms with Crippen molar-refractivity contribution < 1.29 is 36.6 Å². The number of anilines is 2. The lowest BCUT2D eigenvalue weighted by atomic mass is 9.85. The minimum atomic E-state index is -4.53. The zero-order chi connectivity index (χ0) is 22.1. The zero-order valence-electron chi connectivity index (χ0n) is 15.2. The molecule has 10 heteroatoms. The summed E-state index contributed by atoms with van der Waals surface area (Å²) in [4.78, 5) is 0. The van der Waals surface area contributed by atoms with Crippen LogP contribution >= 0.6 is 0 Å². The molecule has 2 rings (SSSR count). The van der Waals surface area contributed by atoms with Crippen LogP contribution in [-0.4, -0.2) is 10.2 Å². The van der Waals surface area contributed by atoms with E-state index in [0.717, 1.165) is 30.3 Å². The Morgan fingerprint density at radius 2 is 1.14 bits per heavy atom. The fourth-order valence-electron chi connectivity index (χ4n) is 2.24. The van der Waals surface area contributed by atoms with E-state index < -0.39 is 40.3 Å². The number of rotatable bonds is 0. The first-order chi connectivity index (χ1) is 12.4. The van der Waals surface area contributed by atoms with Gasteiger partial charge < -0.3 is 21.7 Å². The summed E-state index contributed by atoms with van der Waals surface area (Å²) in [6.07, 6.45) is -9.03. The normalized spacial score (nSPS) is 12.3. The maximum Gasteiger partial charge on any atom is 0.419 e. The smallest absolute Gasteiger partial charge is 0.419 e. The summed E-state index contributed by atoms with van der Waals surface area (Å²) < 4.78 is 73.7. The van der Waals surface area contributed by atoms with E-state index in [0.29, 0.717) is 0 Å². The minimum Gasteiger partial charge on any atom is -0.508 e. The van der Waals surface area contributed by atoms with E-state index in [4.69, 9.17) is 16.6 Å². The molecule has 0 radical (unpaired) electrons. The molecule has 0 atom stereocenters. The van der Waals surface area contributed by atoms with Crippen LogP contribution in [0.1, 0.15) is 37.5 Å². The highest BCUT2D eigenvalue weighted by atomic mass is 19.4. The molecule has 28 heavy (non-hydrogen) atoms. The average Bonchev–Trinajstić information content (AvgIpc) is 2.43. The molecule has 0 heterocycles. The van der Waals surface area contributed by atoms with Gasteiger partial charge in [-0.25, -0.2) is 0 Å². The maximum atomic E-state index is 12.6. The van der Waals surface area contributed by atoms with Gasteiger partial charge in [0.1, 0.15) is 11.5 Å². The highest BCUT2D eigenvalue weighted by molar-refractivity contribution is 5.57. The summed E-state index contributed by atoms with van der Waals surface area (Å²) in [7, 11) is 0. The van der Waals surface area contributed by atoms with Crippen LogP contribution in [0.3, 0.4) is 0 Å². The first kappa shape index (κ1) is 23.3. The average molecular weight is 410 g/mol. The maximum absolute atomic E-state index is 12.6. The van der Waals surface area contributed by atoms with Crippen LogP contribution in [0.15, 0.2) is 30.3 Å². The van der Waals surface area contributed by atoms with Gasteiger partial charge in [0.2, 0.25) is 0 Å². The van der Waals surface area contributed by atoms with Crippen LogP contribution in [0.2, 0.25) is 0 Å². The molecule has 6 N–H and O–H groups in total. The number of phenolic OH excluding ortho intramolecular Hbond substituents is 2. The van der Waals surface area contributed by atoms with Gasteiger partial charge in [-0.2, -0.15) is 26.3 Å². The van der Waals surface area contributed by atoms with Gasteiger partial charge in [0.05, 0.1) is 11.1 Å². The van der Waals surface area contributed by atoms with Crippen molar-refractivity contribution in [2.45, 2.75) is 38.5 Å². The van der Waals surface area contributed by atoms with Gasteiger partial charge in [0.25, 0.3) is 0 Å². The highest BCUT2D eigenvalue weighted by Gasteiger charge is 2.35. The second-order valence-corrected chi connectivity index (χ2v) is 6.98. The third-order valence-electron chi connectivity index (χ3n) is 3.61. The molecule has 0 fully saturated rings. The Bertz CT molecular complexity index is 804. The summed E-state index contributed by atoms with van der Waals surface area (Å²) in [6.45, 7) is 5.16. The van der Waals surface area contributed by atoms with Crippen molar-refractivity contribution >= 4 is 11.4 Å². The van der Waals surface area contributed by atoms with E-state index in [1.165, 1.54) is 0 Å². The molecule has 0 amide bonds. The third-order valence-corrected chi connectivity index (χ3v) is 3.61. The summed E-state index contributed by atoms with van der Waals surface area (Å²) >= 11 is 0. The van der Waals surface area contributed by atoms with Gasteiger partial charge in [-0.3, -0.25) is 0 Å². The highest BCUT2D eigenvalue weighted by Crippen LogP contribution is 2.40. The summed E-state index contributed by atoms with van der Waals surface area (Å²) in [5.41, 5.74) is 7.70. The molecule has 156 valence electrons. The van der Waals surface area contributed by atoms with Crippen LogP contribution < -0.4 is 11.5 Å². The first-order valence-electron chi connectivity index (χ1n) is 7.80. The number of alkyl halides is 6. The van der Waals surface area contributed by atoms with Crippen molar-refractivity contribution in [3.05, 3.63) is 47.0 Å². The number of halogens is 6. The number of nitrogen functional groups attached to an aromatic ring is 2. The molecule has 0 aliphatic heterocycles. The third kappa shape index (κ3) is 5.86. The van der Waals surface area contributed by atoms with Crippen molar-refractivity contribution in [2.24, 2.45) is 0 Å². The van der Waals surface area contributed by atoms with Crippen LogP contribution in [0.4, 0.5) is 37.7 Å². The van der Waals surface area contributed by atoms with E-state index in [-0.39, 0.29) is 17.0 Å². The standard InChI is InChI=1S/C11H14F3NO.C7H6F3NO/c1-10(2,3)7-4-6(11(12,13)14)8(15)5-9(7)16;8-7(9,10)5-2-1-4(11)3-6(5)12/h4-5,16H,15H2,1-3H3;1-3,12H,11H2. The van der Waals surface area contributed by atoms with Crippen LogP contribution in [0.5, 0.6) is 11.5 Å². The van der Waals surface area contributed by atoms with Crippen LogP contribution in [-0.2, 0) is 17.8 Å². The second kappa shape index (κ2) is 7.69. The van der Waals surface area contributed by atoms with Gasteiger partial charge in [0.15, 0.2) is 0 Å². The van der Waals surface area contributed by atoms with E-state index in [1.807, 2.05) is 0 Å². The summed E-state index contributed by atoms with van der Waals surface area (Å²) in [6, 6.07) is 4.55. The lowest BCUT2D eigenvalue weighted by molar-refractivity contribution is -0.139. The molecular weight excluding hydrogens is 390 g/mol. The van der Waals surface area contributed by atoms with E-state index >= 15 is 0 Å². The number of nitrogens with two attached hydrogens (primary N) is 2. The molecule has 4 nitrogen and oxygen atoms in total. The predicted octanol–water partition coefficient (Wildman–Crippen LogP) is 5.28. The molecule has 0 saturated heterocycles. The predicted molar refractivity (Wildman–Crippen MR) is 93.7 cm³/mol. The van der Waals surface area contributed by atoms with Crippen molar-refractivity contribution in [1.29, 1.82) is 0 Å². The van der Waals surface area contributed by atoms with Crippen molar-refractivity contribution in [3.63, 3.8) is 0 Å². The Labute approximate surface area is 157 Å². The van der Waals surface area contributed by atoms with Crippen molar-refractivity contribution in [1.82, 2.24) is 0 Å². The molecule has 0 bridgehead atoms. The Kier molecular flexibility index (Phi) is 6.38. The summed E-state index contributed by atoms with van der Waals surface area (Å²) in [5.74, 6) is -1.06. The largest absolute Gasteiger partial charge is 0.508 e. The van der Waals surface area contributed by atoms with Gasteiger partial charge in [-0.05, 0) is 29.2 Å². The second-order valence-electron chi connectivity index (χ2n) is 6.98. The minimum absolute atomic E-state index is 0.0977. The quantitative estimate of drug-likeness (QED) is 0.351. The van der Waals surface area contributed by atoms with Crippen LogP contribution in [0, 0.1) is 0 Å². The molecular formula is C18H20F6N2O2. The van der Waals surface area contributed by atoms with Gasteiger partial charge in [-0.1, -0.05) is 20.8 Å². The first-order valence-corrected chi connectivity index (χ1v) is 7.80. The van der Waals surface area contributed by atoms with Crippen molar-refractivity contribution in [2.75, 3.05) is 11.5 Å². The van der Waals surface area contributed by atoms with Crippen molar-refractivity contribution in [3.8, 4) is 11.5 Å². The monoisotopic (exact) mass is 410 g/mol. The number of hydrogen-bond acceptors (Lipinski definition) is 4. The molecule has 0 aliphatic rings. The number of hydrogen-bond donors (Lipinski definition) is 4. The van der Waals surface area contributed by atoms with E-state index in [1.54, 1.807) is 20.8 Å². The number of aromatic hydroxyl groups is 2. The Morgan fingerprint density at radius 3 is 1.54 bits per heavy atom. The SMILES string of the molecule is CC(C)(C)c1cc(C(F)(F)F)c(N)cc1O.Nc1ccc(C(F)(F)F)c(O)c1. The number of phenols is 2. The Balaban J connectivity index is 0.000000292. The molecule has 2 aromatic carbocycles. The molecule has 0 aromatic heterocycles. The summed E-state index contributed by atoms with van der Waals surface area (Å²) in [5, 5.41) is 18.4.